The van der Waals surface area contributed by atoms with Gasteiger partial charge in [0.05, 0.1) is 6.42 Å². The first-order valence-corrected chi connectivity index (χ1v) is 4.96. The first-order valence-electron chi connectivity index (χ1n) is 4.17. The Balaban J connectivity index is 2.89. The SMILES string of the molecule is NCC(CC(=O)O)c1cccnc1Br. The first kappa shape index (κ1) is 11.1. The van der Waals surface area contributed by atoms with Gasteiger partial charge in [-0.2, -0.15) is 0 Å². The molecule has 0 aliphatic heterocycles. The fraction of sp³-hybridized carbons (Fsp3) is 0.333. The Labute approximate surface area is 90.3 Å². The summed E-state index contributed by atoms with van der Waals surface area (Å²) in [6.45, 7) is 0.302. The van der Waals surface area contributed by atoms with Crippen LogP contribution in [0.3, 0.4) is 0 Å². The van der Waals surface area contributed by atoms with E-state index in [1.165, 1.54) is 0 Å². The summed E-state index contributed by atoms with van der Waals surface area (Å²) in [5, 5.41) is 8.68. The van der Waals surface area contributed by atoms with Crippen LogP contribution in [-0.2, 0) is 4.79 Å². The highest BCUT2D eigenvalue weighted by molar-refractivity contribution is 9.10. The molecule has 0 saturated carbocycles. The summed E-state index contributed by atoms with van der Waals surface area (Å²) in [6.07, 6.45) is 1.67. The molecule has 0 aliphatic rings. The lowest BCUT2D eigenvalue weighted by molar-refractivity contribution is -0.137. The van der Waals surface area contributed by atoms with Crippen molar-refractivity contribution in [1.82, 2.24) is 4.98 Å². The molecule has 0 aromatic carbocycles. The number of aromatic nitrogens is 1. The Hall–Kier alpha value is -0.940. The predicted octanol–water partition coefficient (Wildman–Crippen LogP) is 1.36. The Kier molecular flexibility index (Phi) is 4.03. The summed E-state index contributed by atoms with van der Waals surface area (Å²) in [4.78, 5) is 14.6. The molecular formula is C9H11BrN2O2. The van der Waals surface area contributed by atoms with Crippen molar-refractivity contribution in [3.63, 3.8) is 0 Å². The van der Waals surface area contributed by atoms with Crippen LogP contribution in [0.4, 0.5) is 0 Å². The lowest BCUT2D eigenvalue weighted by atomic mass is 9.98. The highest BCUT2D eigenvalue weighted by Crippen LogP contribution is 2.24. The third-order valence-corrected chi connectivity index (χ3v) is 2.60. The van der Waals surface area contributed by atoms with Crippen LogP contribution in [0, 0.1) is 0 Å². The van der Waals surface area contributed by atoms with E-state index in [9.17, 15) is 4.79 Å². The molecule has 76 valence electrons. The second-order valence-corrected chi connectivity index (χ2v) is 3.67. The molecule has 1 unspecified atom stereocenters. The zero-order chi connectivity index (χ0) is 10.6. The average molecular weight is 259 g/mol. The highest BCUT2D eigenvalue weighted by Gasteiger charge is 2.16. The number of carboxylic acid groups (broad SMARTS) is 1. The third-order valence-electron chi connectivity index (χ3n) is 1.93. The molecule has 0 radical (unpaired) electrons. The maximum atomic E-state index is 10.6. The van der Waals surface area contributed by atoms with Gasteiger partial charge in [0.25, 0.3) is 0 Å². The quantitative estimate of drug-likeness (QED) is 0.800. The van der Waals surface area contributed by atoms with Crippen molar-refractivity contribution in [2.75, 3.05) is 6.54 Å². The number of carboxylic acids is 1. The molecule has 1 heterocycles. The predicted molar refractivity (Wildman–Crippen MR) is 56.0 cm³/mol. The van der Waals surface area contributed by atoms with Gasteiger partial charge in [0.15, 0.2) is 0 Å². The smallest absolute Gasteiger partial charge is 0.304 e. The van der Waals surface area contributed by atoms with Crippen LogP contribution >= 0.6 is 15.9 Å². The summed E-state index contributed by atoms with van der Waals surface area (Å²) < 4.78 is 0.664. The molecular weight excluding hydrogens is 248 g/mol. The number of hydrogen-bond donors (Lipinski definition) is 2. The number of hydrogen-bond acceptors (Lipinski definition) is 3. The number of rotatable bonds is 4. The maximum Gasteiger partial charge on any atom is 0.304 e. The minimum atomic E-state index is -0.851. The second kappa shape index (κ2) is 5.07. The standard InChI is InChI=1S/C9H11BrN2O2/c10-9-7(2-1-3-12-9)6(5-11)4-8(13)14/h1-3,6H,4-5,11H2,(H,13,14). The fourth-order valence-corrected chi connectivity index (χ4v) is 1.81. The Morgan fingerprint density at radius 3 is 2.93 bits per heavy atom. The van der Waals surface area contributed by atoms with Gasteiger partial charge in [-0.15, -0.1) is 0 Å². The molecule has 0 amide bonds. The number of nitrogens with two attached hydrogens (primary N) is 1. The molecule has 0 bridgehead atoms. The fourth-order valence-electron chi connectivity index (χ4n) is 1.23. The van der Waals surface area contributed by atoms with Crippen LogP contribution in [0.2, 0.25) is 0 Å². The number of carbonyl (C=O) groups is 1. The molecule has 4 nitrogen and oxygen atoms in total. The molecule has 0 aliphatic carbocycles. The van der Waals surface area contributed by atoms with E-state index in [0.717, 1.165) is 5.56 Å². The molecule has 5 heteroatoms. The molecule has 0 saturated heterocycles. The number of halogens is 1. The average Bonchev–Trinajstić information content (AvgIpc) is 2.15. The van der Waals surface area contributed by atoms with Crippen molar-refractivity contribution in [2.24, 2.45) is 5.73 Å². The van der Waals surface area contributed by atoms with E-state index in [1.54, 1.807) is 12.3 Å². The number of aliphatic carboxylic acids is 1. The van der Waals surface area contributed by atoms with Crippen molar-refractivity contribution in [3.05, 3.63) is 28.5 Å². The van der Waals surface area contributed by atoms with Gasteiger partial charge in [-0.25, -0.2) is 4.98 Å². The van der Waals surface area contributed by atoms with E-state index in [2.05, 4.69) is 20.9 Å². The zero-order valence-corrected chi connectivity index (χ0v) is 9.07. The van der Waals surface area contributed by atoms with Crippen LogP contribution in [0.5, 0.6) is 0 Å². The first-order chi connectivity index (χ1) is 6.65. The van der Waals surface area contributed by atoms with Crippen molar-refractivity contribution >= 4 is 21.9 Å². The molecule has 1 aromatic heterocycles. The molecule has 1 rings (SSSR count). The largest absolute Gasteiger partial charge is 0.481 e. The third kappa shape index (κ3) is 2.78. The Bertz CT molecular complexity index is 330. The van der Waals surface area contributed by atoms with Crippen molar-refractivity contribution < 1.29 is 9.90 Å². The van der Waals surface area contributed by atoms with Gasteiger partial charge in [-0.05, 0) is 34.1 Å². The molecule has 0 fully saturated rings. The maximum absolute atomic E-state index is 10.6. The summed E-state index contributed by atoms with van der Waals surface area (Å²) in [6, 6.07) is 3.60. The van der Waals surface area contributed by atoms with E-state index in [4.69, 9.17) is 10.8 Å². The van der Waals surface area contributed by atoms with E-state index in [-0.39, 0.29) is 12.3 Å². The topological polar surface area (TPSA) is 76.2 Å². The molecule has 1 atom stereocenters. The highest BCUT2D eigenvalue weighted by atomic mass is 79.9. The second-order valence-electron chi connectivity index (χ2n) is 2.91. The summed E-state index contributed by atoms with van der Waals surface area (Å²) in [7, 11) is 0. The lowest BCUT2D eigenvalue weighted by Gasteiger charge is -2.13. The van der Waals surface area contributed by atoms with Gasteiger partial charge in [0, 0.05) is 12.1 Å². The lowest BCUT2D eigenvalue weighted by Crippen LogP contribution is -2.16. The molecule has 3 N–H and O–H groups in total. The monoisotopic (exact) mass is 258 g/mol. The molecule has 0 spiro atoms. The van der Waals surface area contributed by atoms with Gasteiger partial charge < -0.3 is 10.8 Å². The van der Waals surface area contributed by atoms with Crippen molar-refractivity contribution in [1.29, 1.82) is 0 Å². The van der Waals surface area contributed by atoms with E-state index < -0.39 is 5.97 Å². The summed E-state index contributed by atoms with van der Waals surface area (Å²) in [5.74, 6) is -1.04. The number of pyridine rings is 1. The minimum Gasteiger partial charge on any atom is -0.481 e. The van der Waals surface area contributed by atoms with Gasteiger partial charge in [0.2, 0.25) is 0 Å². The summed E-state index contributed by atoms with van der Waals surface area (Å²) in [5.41, 5.74) is 6.35. The Morgan fingerprint density at radius 1 is 1.71 bits per heavy atom. The van der Waals surface area contributed by atoms with Gasteiger partial charge >= 0.3 is 5.97 Å². The minimum absolute atomic E-state index is 0.0286. The van der Waals surface area contributed by atoms with Crippen LogP contribution in [0.1, 0.15) is 17.9 Å². The zero-order valence-electron chi connectivity index (χ0n) is 7.48. The van der Waals surface area contributed by atoms with E-state index in [0.29, 0.717) is 11.1 Å². The van der Waals surface area contributed by atoms with E-state index >= 15 is 0 Å². The Morgan fingerprint density at radius 2 is 2.43 bits per heavy atom. The van der Waals surface area contributed by atoms with Crippen molar-refractivity contribution in [3.8, 4) is 0 Å². The van der Waals surface area contributed by atoms with Crippen LogP contribution in [0.15, 0.2) is 22.9 Å². The summed E-state index contributed by atoms with van der Waals surface area (Å²) >= 11 is 3.27. The normalized spacial score (nSPS) is 12.4. The van der Waals surface area contributed by atoms with Crippen molar-refractivity contribution in [2.45, 2.75) is 12.3 Å². The van der Waals surface area contributed by atoms with Crippen LogP contribution in [-0.4, -0.2) is 22.6 Å². The van der Waals surface area contributed by atoms with Crippen LogP contribution < -0.4 is 5.73 Å². The van der Waals surface area contributed by atoms with Crippen LogP contribution in [0.25, 0.3) is 0 Å². The van der Waals surface area contributed by atoms with Gasteiger partial charge in [-0.3, -0.25) is 4.79 Å². The van der Waals surface area contributed by atoms with Gasteiger partial charge in [0.1, 0.15) is 4.60 Å². The van der Waals surface area contributed by atoms with E-state index in [1.807, 2.05) is 6.07 Å². The molecule has 14 heavy (non-hydrogen) atoms. The molecule has 1 aromatic rings. The number of nitrogens with zero attached hydrogens (tertiary/aromatic N) is 1. The van der Waals surface area contributed by atoms with Gasteiger partial charge in [-0.1, -0.05) is 6.07 Å².